The highest BCUT2D eigenvalue weighted by Gasteiger charge is 2.13. The van der Waals surface area contributed by atoms with Gasteiger partial charge < -0.3 is 5.32 Å². The molecule has 0 bridgehead atoms. The Morgan fingerprint density at radius 2 is 1.61 bits per heavy atom. The molecule has 0 aliphatic rings. The second kappa shape index (κ2) is 12.8. The summed E-state index contributed by atoms with van der Waals surface area (Å²) >= 11 is 1.69. The van der Waals surface area contributed by atoms with Gasteiger partial charge in [-0.15, -0.1) is 11.3 Å². The number of thiophene rings is 1. The number of nitrogens with zero attached hydrogens (tertiary/aromatic N) is 2. The Morgan fingerprint density at radius 1 is 0.939 bits per heavy atom. The van der Waals surface area contributed by atoms with Crippen LogP contribution in [0.3, 0.4) is 0 Å². The lowest BCUT2D eigenvalue weighted by atomic mass is 9.98. The molecule has 3 aromatic rings. The number of hydrogen-bond acceptors (Lipinski definition) is 5. The number of nitriles is 1. The highest BCUT2D eigenvalue weighted by atomic mass is 32.1. The molecule has 0 aliphatic heterocycles. The first-order valence-corrected chi connectivity index (χ1v) is 12.6. The minimum absolute atomic E-state index is 0.0150. The summed E-state index contributed by atoms with van der Waals surface area (Å²) in [5, 5.41) is 26.2. The first kappa shape index (κ1) is 24.5. The van der Waals surface area contributed by atoms with E-state index >= 15 is 0 Å². The van der Waals surface area contributed by atoms with E-state index in [9.17, 15) is 15.4 Å². The highest BCUT2D eigenvalue weighted by molar-refractivity contribution is 7.14. The van der Waals surface area contributed by atoms with E-state index in [1.807, 2.05) is 24.3 Å². The molecule has 2 aromatic carbocycles. The molecule has 5 nitrogen and oxygen atoms in total. The Hall–Kier alpha value is -3.17. The molecule has 0 atom stereocenters. The van der Waals surface area contributed by atoms with Crippen LogP contribution in [0.15, 0.2) is 53.9 Å². The van der Waals surface area contributed by atoms with Crippen molar-refractivity contribution < 1.29 is 4.92 Å². The van der Waals surface area contributed by atoms with Crippen LogP contribution in [0.4, 0.5) is 11.4 Å². The van der Waals surface area contributed by atoms with Crippen molar-refractivity contribution in [3.8, 4) is 27.6 Å². The fraction of sp³-hybridized carbons (Fsp3) is 0.370. The van der Waals surface area contributed by atoms with Crippen molar-refractivity contribution in [1.82, 2.24) is 0 Å². The maximum absolute atomic E-state index is 11.1. The van der Waals surface area contributed by atoms with Gasteiger partial charge in [0.05, 0.1) is 27.1 Å². The van der Waals surface area contributed by atoms with Crippen molar-refractivity contribution in [3.05, 3.63) is 69.6 Å². The summed E-state index contributed by atoms with van der Waals surface area (Å²) in [6.07, 6.45) is 10.5. The lowest BCUT2D eigenvalue weighted by Gasteiger charge is -2.09. The van der Waals surface area contributed by atoms with Crippen LogP contribution in [0.2, 0.25) is 0 Å². The molecule has 0 spiro atoms. The predicted molar refractivity (Wildman–Crippen MR) is 138 cm³/mol. The number of unbranched alkanes of at least 4 members (excludes halogenated alkanes) is 7. The molecule has 1 aromatic heterocycles. The number of nitrogens with one attached hydrogen (secondary N) is 1. The number of nitro groups is 1. The Morgan fingerprint density at radius 3 is 2.27 bits per heavy atom. The molecule has 172 valence electrons. The van der Waals surface area contributed by atoms with E-state index < -0.39 is 4.92 Å². The van der Waals surface area contributed by atoms with E-state index in [1.165, 1.54) is 74.4 Å². The largest absolute Gasteiger partial charge is 0.384 e. The van der Waals surface area contributed by atoms with Crippen molar-refractivity contribution >= 4 is 22.7 Å². The Bertz CT molecular complexity index is 1080. The zero-order chi connectivity index (χ0) is 23.5. The Balaban J connectivity index is 1.60. The van der Waals surface area contributed by atoms with Gasteiger partial charge in [0.25, 0.3) is 5.69 Å². The van der Waals surface area contributed by atoms with E-state index in [4.69, 9.17) is 0 Å². The lowest BCUT2D eigenvalue weighted by molar-refractivity contribution is -0.384. The fourth-order valence-electron chi connectivity index (χ4n) is 3.94. The molecule has 0 radical (unpaired) electrons. The number of rotatable bonds is 13. The summed E-state index contributed by atoms with van der Waals surface area (Å²) in [7, 11) is 0. The molecular formula is C27H31N3O2S. The van der Waals surface area contributed by atoms with E-state index in [1.54, 1.807) is 11.3 Å². The van der Waals surface area contributed by atoms with Gasteiger partial charge in [0.1, 0.15) is 0 Å². The zero-order valence-electron chi connectivity index (χ0n) is 19.2. The predicted octanol–water partition coefficient (Wildman–Crippen LogP) is 8.41. The molecule has 0 fully saturated rings. The van der Waals surface area contributed by atoms with Crippen molar-refractivity contribution in [3.63, 3.8) is 0 Å². The van der Waals surface area contributed by atoms with Gasteiger partial charge in [-0.3, -0.25) is 10.1 Å². The summed E-state index contributed by atoms with van der Waals surface area (Å²) < 4.78 is 0. The van der Waals surface area contributed by atoms with Crippen LogP contribution in [0.1, 0.15) is 63.9 Å². The first-order chi connectivity index (χ1) is 16.1. The molecule has 3 rings (SSSR count). The maximum atomic E-state index is 11.1. The third-order valence-electron chi connectivity index (χ3n) is 5.80. The van der Waals surface area contributed by atoms with Gasteiger partial charge in [-0.2, -0.15) is 5.26 Å². The van der Waals surface area contributed by atoms with Crippen molar-refractivity contribution in [2.45, 2.75) is 58.3 Å². The molecule has 0 saturated heterocycles. The average Bonchev–Trinajstić information content (AvgIpc) is 3.31. The average molecular weight is 462 g/mol. The van der Waals surface area contributed by atoms with Crippen LogP contribution in [0.5, 0.6) is 0 Å². The monoisotopic (exact) mass is 461 g/mol. The number of non-ortho nitro benzene ring substituents is 1. The van der Waals surface area contributed by atoms with Crippen LogP contribution < -0.4 is 5.32 Å². The summed E-state index contributed by atoms with van der Waals surface area (Å²) in [4.78, 5) is 11.9. The second-order valence-electron chi connectivity index (χ2n) is 8.24. The van der Waals surface area contributed by atoms with Gasteiger partial charge in [0, 0.05) is 24.2 Å². The zero-order valence-corrected chi connectivity index (χ0v) is 20.0. The Labute approximate surface area is 200 Å². The second-order valence-corrected chi connectivity index (χ2v) is 9.16. The van der Waals surface area contributed by atoms with Gasteiger partial charge in [0.15, 0.2) is 0 Å². The number of nitro benzene ring substituents is 1. The van der Waals surface area contributed by atoms with Crippen LogP contribution >= 0.6 is 11.3 Å². The summed E-state index contributed by atoms with van der Waals surface area (Å²) in [6.45, 7) is 3.22. The third-order valence-corrected chi connectivity index (χ3v) is 6.77. The minimum atomic E-state index is -0.435. The quantitative estimate of drug-likeness (QED) is 0.157. The van der Waals surface area contributed by atoms with Gasteiger partial charge in [-0.25, -0.2) is 0 Å². The number of hydrogen-bond donors (Lipinski definition) is 1. The molecule has 0 unspecified atom stereocenters. The molecule has 1 heterocycles. The van der Waals surface area contributed by atoms with Crippen LogP contribution in [0, 0.1) is 21.4 Å². The normalized spacial score (nSPS) is 10.7. The standard InChI is InChI=1S/C27H31N3O2S/c1-2-3-4-5-6-7-8-9-17-29-26-16-18-33-27(26)22-12-10-21(11-13-22)25-19-24(30(31)32)15-14-23(25)20-28/h10-16,18-19,29H,2-9,17H2,1H3. The summed E-state index contributed by atoms with van der Waals surface area (Å²) in [5.74, 6) is 0. The first-order valence-electron chi connectivity index (χ1n) is 11.7. The van der Waals surface area contributed by atoms with E-state index in [0.717, 1.165) is 23.4 Å². The van der Waals surface area contributed by atoms with Crippen molar-refractivity contribution in [1.29, 1.82) is 5.26 Å². The molecule has 0 amide bonds. The van der Waals surface area contributed by atoms with Crippen molar-refractivity contribution in [2.24, 2.45) is 0 Å². The molecule has 0 aliphatic carbocycles. The molecule has 6 heteroatoms. The van der Waals surface area contributed by atoms with Gasteiger partial charge in [-0.05, 0) is 35.1 Å². The SMILES string of the molecule is CCCCCCCCCCNc1ccsc1-c1ccc(-c2cc([N+](=O)[O-])ccc2C#N)cc1. The molecular weight excluding hydrogens is 430 g/mol. The smallest absolute Gasteiger partial charge is 0.270 e. The van der Waals surface area contributed by atoms with Gasteiger partial charge >= 0.3 is 0 Å². The minimum Gasteiger partial charge on any atom is -0.384 e. The number of benzene rings is 2. The van der Waals surface area contributed by atoms with Crippen LogP contribution in [-0.2, 0) is 0 Å². The van der Waals surface area contributed by atoms with Crippen LogP contribution in [0.25, 0.3) is 21.6 Å². The third kappa shape index (κ3) is 6.90. The lowest BCUT2D eigenvalue weighted by Crippen LogP contribution is -2.01. The van der Waals surface area contributed by atoms with Gasteiger partial charge in [-0.1, -0.05) is 76.1 Å². The molecule has 0 saturated carbocycles. The highest BCUT2D eigenvalue weighted by Crippen LogP contribution is 2.36. The Kier molecular flexibility index (Phi) is 9.46. The van der Waals surface area contributed by atoms with E-state index in [2.05, 4.69) is 29.8 Å². The number of anilines is 1. The van der Waals surface area contributed by atoms with Crippen LogP contribution in [-0.4, -0.2) is 11.5 Å². The summed E-state index contributed by atoms with van der Waals surface area (Å²) in [6, 6.07) is 16.5. The maximum Gasteiger partial charge on any atom is 0.270 e. The van der Waals surface area contributed by atoms with Gasteiger partial charge in [0.2, 0.25) is 0 Å². The molecule has 1 N–H and O–H groups in total. The topological polar surface area (TPSA) is 79.0 Å². The summed E-state index contributed by atoms with van der Waals surface area (Å²) in [5.41, 5.74) is 4.03. The van der Waals surface area contributed by atoms with Crippen molar-refractivity contribution in [2.75, 3.05) is 11.9 Å². The van der Waals surface area contributed by atoms with E-state index in [0.29, 0.717) is 11.1 Å². The molecule has 33 heavy (non-hydrogen) atoms. The fourth-order valence-corrected chi connectivity index (χ4v) is 4.82. The van der Waals surface area contributed by atoms with E-state index in [-0.39, 0.29) is 5.69 Å².